The Morgan fingerprint density at radius 3 is 3.05 bits per heavy atom. The molecular formula is C15H19N3S. The Morgan fingerprint density at radius 2 is 2.26 bits per heavy atom. The minimum absolute atomic E-state index is 0.682. The fourth-order valence-corrected chi connectivity index (χ4v) is 3.73. The maximum absolute atomic E-state index is 4.38. The van der Waals surface area contributed by atoms with Gasteiger partial charge in [0, 0.05) is 42.9 Å². The molecule has 0 bridgehead atoms. The smallest absolute Gasteiger partial charge is 0.0637 e. The van der Waals surface area contributed by atoms with Gasteiger partial charge in [0.1, 0.15) is 0 Å². The Kier molecular flexibility index (Phi) is 3.89. The van der Waals surface area contributed by atoms with Crippen LogP contribution < -0.4 is 5.32 Å². The van der Waals surface area contributed by atoms with Gasteiger partial charge >= 0.3 is 0 Å². The van der Waals surface area contributed by atoms with E-state index >= 15 is 0 Å². The quantitative estimate of drug-likeness (QED) is 0.848. The molecule has 0 aliphatic carbocycles. The number of nitrogens with zero attached hydrogens (tertiary/aromatic N) is 2. The van der Waals surface area contributed by atoms with Crippen LogP contribution in [0.15, 0.2) is 41.4 Å². The topological polar surface area (TPSA) is 29.9 Å². The minimum atomic E-state index is 0.682. The molecular weight excluding hydrogens is 254 g/mol. The standard InChI is InChI=1S/C15H19N3S/c1-18-9-7-13(17-18)6-8-16-11-14-10-12-4-2-3-5-15(12)19-14/h2-5,7,9,14,16H,6,8,10-11H2,1H3. The van der Waals surface area contributed by atoms with E-state index in [1.54, 1.807) is 0 Å². The van der Waals surface area contributed by atoms with Crippen molar-refractivity contribution in [3.8, 4) is 0 Å². The molecule has 100 valence electrons. The number of hydrogen-bond acceptors (Lipinski definition) is 3. The van der Waals surface area contributed by atoms with Crippen LogP contribution in [0.2, 0.25) is 0 Å². The first kappa shape index (κ1) is 12.8. The second kappa shape index (κ2) is 5.80. The largest absolute Gasteiger partial charge is 0.315 e. The number of aryl methyl sites for hydroxylation is 1. The summed E-state index contributed by atoms with van der Waals surface area (Å²) in [7, 11) is 1.96. The summed E-state index contributed by atoms with van der Waals surface area (Å²) in [6.07, 6.45) is 4.20. The maximum atomic E-state index is 4.38. The van der Waals surface area contributed by atoms with Crippen molar-refractivity contribution in [1.82, 2.24) is 15.1 Å². The molecule has 0 amide bonds. The Morgan fingerprint density at radius 1 is 1.37 bits per heavy atom. The maximum Gasteiger partial charge on any atom is 0.0637 e. The van der Waals surface area contributed by atoms with Gasteiger partial charge in [-0.25, -0.2) is 0 Å². The normalized spacial score (nSPS) is 17.6. The van der Waals surface area contributed by atoms with E-state index in [4.69, 9.17) is 0 Å². The number of nitrogens with one attached hydrogen (secondary N) is 1. The third kappa shape index (κ3) is 3.19. The van der Waals surface area contributed by atoms with Crippen LogP contribution in [-0.2, 0) is 19.9 Å². The van der Waals surface area contributed by atoms with Gasteiger partial charge in [-0.2, -0.15) is 5.10 Å². The van der Waals surface area contributed by atoms with Crippen LogP contribution in [0.25, 0.3) is 0 Å². The molecule has 0 fully saturated rings. The molecule has 0 spiro atoms. The van der Waals surface area contributed by atoms with Crippen molar-refractivity contribution in [1.29, 1.82) is 0 Å². The lowest BCUT2D eigenvalue weighted by Gasteiger charge is -2.09. The van der Waals surface area contributed by atoms with E-state index < -0.39 is 0 Å². The van der Waals surface area contributed by atoms with E-state index in [0.717, 1.165) is 25.2 Å². The highest BCUT2D eigenvalue weighted by Gasteiger charge is 2.20. The molecule has 4 heteroatoms. The zero-order valence-corrected chi connectivity index (χ0v) is 12.0. The summed E-state index contributed by atoms with van der Waals surface area (Å²) >= 11 is 2.00. The highest BCUT2D eigenvalue weighted by molar-refractivity contribution is 8.00. The van der Waals surface area contributed by atoms with Crippen molar-refractivity contribution in [3.63, 3.8) is 0 Å². The fourth-order valence-electron chi connectivity index (χ4n) is 2.44. The van der Waals surface area contributed by atoms with Gasteiger partial charge in [0.05, 0.1) is 5.69 Å². The van der Waals surface area contributed by atoms with Crippen molar-refractivity contribution >= 4 is 11.8 Å². The van der Waals surface area contributed by atoms with Crippen LogP contribution >= 0.6 is 11.8 Å². The molecule has 3 rings (SSSR count). The van der Waals surface area contributed by atoms with Gasteiger partial charge in [-0.05, 0) is 24.1 Å². The van der Waals surface area contributed by atoms with E-state index in [1.807, 2.05) is 29.7 Å². The highest BCUT2D eigenvalue weighted by atomic mass is 32.2. The highest BCUT2D eigenvalue weighted by Crippen LogP contribution is 2.36. The van der Waals surface area contributed by atoms with Crippen LogP contribution in [0.1, 0.15) is 11.3 Å². The lowest BCUT2D eigenvalue weighted by Crippen LogP contribution is -2.26. The summed E-state index contributed by atoms with van der Waals surface area (Å²) in [6.45, 7) is 2.08. The van der Waals surface area contributed by atoms with Gasteiger partial charge in [0.15, 0.2) is 0 Å². The average Bonchev–Trinajstić information content (AvgIpc) is 3.00. The predicted octanol–water partition coefficient (Wildman–Crippen LogP) is 2.27. The first-order valence-corrected chi connectivity index (χ1v) is 7.63. The fraction of sp³-hybridized carbons (Fsp3) is 0.400. The predicted molar refractivity (Wildman–Crippen MR) is 79.6 cm³/mol. The second-order valence-electron chi connectivity index (χ2n) is 4.99. The number of thioether (sulfide) groups is 1. The summed E-state index contributed by atoms with van der Waals surface area (Å²) in [5, 5.41) is 8.62. The van der Waals surface area contributed by atoms with E-state index in [2.05, 4.69) is 40.7 Å². The number of hydrogen-bond donors (Lipinski definition) is 1. The molecule has 2 aromatic rings. The van der Waals surface area contributed by atoms with Crippen molar-refractivity contribution in [2.45, 2.75) is 23.0 Å². The van der Waals surface area contributed by atoms with E-state index in [1.165, 1.54) is 16.9 Å². The van der Waals surface area contributed by atoms with Crippen LogP contribution in [0.5, 0.6) is 0 Å². The molecule has 2 heterocycles. The Labute approximate surface area is 118 Å². The molecule has 1 N–H and O–H groups in total. The monoisotopic (exact) mass is 273 g/mol. The Balaban J connectivity index is 1.40. The van der Waals surface area contributed by atoms with Crippen LogP contribution in [0.3, 0.4) is 0 Å². The SMILES string of the molecule is Cn1ccc(CCNCC2Cc3ccccc3S2)n1. The van der Waals surface area contributed by atoms with Gasteiger partial charge in [0.25, 0.3) is 0 Å². The molecule has 1 aromatic heterocycles. The molecule has 1 unspecified atom stereocenters. The third-order valence-corrected chi connectivity index (χ3v) is 4.73. The number of fused-ring (bicyclic) bond motifs is 1. The molecule has 1 aliphatic rings. The minimum Gasteiger partial charge on any atom is -0.315 e. The van der Waals surface area contributed by atoms with E-state index in [0.29, 0.717) is 5.25 Å². The van der Waals surface area contributed by atoms with Gasteiger partial charge < -0.3 is 5.32 Å². The molecule has 0 saturated heterocycles. The number of aromatic nitrogens is 2. The number of benzene rings is 1. The summed E-state index contributed by atoms with van der Waals surface area (Å²) in [4.78, 5) is 1.46. The van der Waals surface area contributed by atoms with Crippen molar-refractivity contribution in [2.75, 3.05) is 13.1 Å². The van der Waals surface area contributed by atoms with Crippen molar-refractivity contribution < 1.29 is 0 Å². The second-order valence-corrected chi connectivity index (χ2v) is 6.33. The average molecular weight is 273 g/mol. The first-order valence-electron chi connectivity index (χ1n) is 6.75. The van der Waals surface area contributed by atoms with Gasteiger partial charge in [0.2, 0.25) is 0 Å². The van der Waals surface area contributed by atoms with Gasteiger partial charge in [-0.3, -0.25) is 4.68 Å². The summed E-state index contributed by atoms with van der Waals surface area (Å²) in [5.41, 5.74) is 2.67. The van der Waals surface area contributed by atoms with E-state index in [9.17, 15) is 0 Å². The van der Waals surface area contributed by atoms with Crippen LogP contribution in [0.4, 0.5) is 0 Å². The number of rotatable bonds is 5. The van der Waals surface area contributed by atoms with Crippen LogP contribution in [-0.4, -0.2) is 28.1 Å². The Hall–Kier alpha value is -1.26. The molecule has 0 radical (unpaired) electrons. The molecule has 3 nitrogen and oxygen atoms in total. The van der Waals surface area contributed by atoms with Gasteiger partial charge in [-0.15, -0.1) is 11.8 Å². The molecule has 1 atom stereocenters. The lowest BCUT2D eigenvalue weighted by molar-refractivity contribution is 0.648. The molecule has 1 aliphatic heterocycles. The van der Waals surface area contributed by atoms with E-state index in [-0.39, 0.29) is 0 Å². The summed E-state index contributed by atoms with van der Waals surface area (Å²) in [5.74, 6) is 0. The zero-order valence-electron chi connectivity index (χ0n) is 11.2. The Bertz CT molecular complexity index is 525. The first-order chi connectivity index (χ1) is 9.31. The summed E-state index contributed by atoms with van der Waals surface area (Å²) < 4.78 is 1.86. The van der Waals surface area contributed by atoms with Crippen molar-refractivity contribution in [3.05, 3.63) is 47.8 Å². The third-order valence-electron chi connectivity index (χ3n) is 3.41. The van der Waals surface area contributed by atoms with Crippen LogP contribution in [0, 0.1) is 0 Å². The molecule has 0 saturated carbocycles. The lowest BCUT2D eigenvalue weighted by atomic mass is 10.1. The zero-order chi connectivity index (χ0) is 13.1. The molecule has 1 aromatic carbocycles. The van der Waals surface area contributed by atoms with Gasteiger partial charge in [-0.1, -0.05) is 18.2 Å². The summed E-state index contributed by atoms with van der Waals surface area (Å²) in [6, 6.07) is 10.8. The van der Waals surface area contributed by atoms with Crippen molar-refractivity contribution in [2.24, 2.45) is 7.05 Å². The molecule has 19 heavy (non-hydrogen) atoms.